The number of aryl methyl sites for hydroxylation is 3. The summed E-state index contributed by atoms with van der Waals surface area (Å²) in [6.07, 6.45) is 1.30. The summed E-state index contributed by atoms with van der Waals surface area (Å²) in [5.41, 5.74) is 4.22. The van der Waals surface area contributed by atoms with Gasteiger partial charge in [-0.25, -0.2) is 9.59 Å². The van der Waals surface area contributed by atoms with Crippen molar-refractivity contribution in [2.75, 3.05) is 42.3 Å². The molecule has 10 nitrogen and oxygen atoms in total. The molecular formula is C26H33N5O5. The molecule has 36 heavy (non-hydrogen) atoms. The maximum Gasteiger partial charge on any atom is 0.328 e. The summed E-state index contributed by atoms with van der Waals surface area (Å²) >= 11 is 0. The number of hydrogen-bond donors (Lipinski definition) is 2. The molecule has 0 spiro atoms. The third-order valence-corrected chi connectivity index (χ3v) is 6.70. The van der Waals surface area contributed by atoms with E-state index in [1.165, 1.54) is 0 Å². The number of carbonyl (C=O) groups is 2. The lowest BCUT2D eigenvalue weighted by atomic mass is 9.96. The Morgan fingerprint density at radius 1 is 1.00 bits per heavy atom. The van der Waals surface area contributed by atoms with Crippen LogP contribution in [0, 0.1) is 12.8 Å². The second-order valence-electron chi connectivity index (χ2n) is 9.05. The minimum absolute atomic E-state index is 0.139. The number of piperidine rings is 1. The van der Waals surface area contributed by atoms with Gasteiger partial charge in [-0.15, -0.1) is 0 Å². The molecule has 1 aliphatic rings. The number of rotatable bonds is 6. The second kappa shape index (κ2) is 10.3. The lowest BCUT2D eigenvalue weighted by Gasteiger charge is -2.34. The molecule has 3 aromatic rings. The van der Waals surface area contributed by atoms with Crippen LogP contribution in [0.25, 0.3) is 11.0 Å². The van der Waals surface area contributed by atoms with E-state index in [2.05, 4.69) is 15.5 Å². The van der Waals surface area contributed by atoms with Crippen LogP contribution in [0.5, 0.6) is 5.75 Å². The van der Waals surface area contributed by atoms with Crippen LogP contribution in [0.3, 0.4) is 0 Å². The van der Waals surface area contributed by atoms with Crippen LogP contribution in [0.15, 0.2) is 35.1 Å². The topological polar surface area (TPSA) is 107 Å². The molecule has 0 radical (unpaired) electrons. The average molecular weight is 496 g/mol. The average Bonchev–Trinajstić information content (AvgIpc) is 3.07. The fourth-order valence-corrected chi connectivity index (χ4v) is 4.71. The molecule has 2 aromatic carbocycles. The molecule has 2 heterocycles. The summed E-state index contributed by atoms with van der Waals surface area (Å²) in [5.74, 6) is 0.250. The molecule has 0 saturated carbocycles. The molecule has 10 heteroatoms. The SMILES string of the molecule is CCOC(=O)C1CCN(c2cc3c(cc2NC(=O)Nc2cc(C)ccc2OC)n(C)c(=O)n3C)CC1. The van der Waals surface area contributed by atoms with Gasteiger partial charge in [0.05, 0.1) is 47.7 Å². The van der Waals surface area contributed by atoms with Gasteiger partial charge >= 0.3 is 17.7 Å². The van der Waals surface area contributed by atoms with Crippen LogP contribution in [0.1, 0.15) is 25.3 Å². The van der Waals surface area contributed by atoms with E-state index in [9.17, 15) is 14.4 Å². The van der Waals surface area contributed by atoms with Crippen molar-refractivity contribution in [2.24, 2.45) is 20.0 Å². The number of benzene rings is 2. The number of esters is 1. The molecule has 4 rings (SSSR count). The molecule has 1 saturated heterocycles. The maximum atomic E-state index is 13.1. The minimum atomic E-state index is -0.429. The number of ether oxygens (including phenoxy) is 2. The van der Waals surface area contributed by atoms with Gasteiger partial charge < -0.3 is 25.0 Å². The fraction of sp³-hybridized carbons (Fsp3) is 0.423. The Kier molecular flexibility index (Phi) is 7.23. The van der Waals surface area contributed by atoms with Crippen molar-refractivity contribution in [1.82, 2.24) is 9.13 Å². The molecule has 2 N–H and O–H groups in total. The quantitative estimate of drug-likeness (QED) is 0.506. The smallest absolute Gasteiger partial charge is 0.328 e. The summed E-state index contributed by atoms with van der Waals surface area (Å²) in [4.78, 5) is 40.0. The van der Waals surface area contributed by atoms with Crippen molar-refractivity contribution in [1.29, 1.82) is 0 Å². The zero-order chi connectivity index (χ0) is 26.0. The first-order valence-corrected chi connectivity index (χ1v) is 12.1. The molecule has 1 aromatic heterocycles. The molecule has 1 fully saturated rings. The van der Waals surface area contributed by atoms with Gasteiger partial charge in [-0.3, -0.25) is 13.9 Å². The monoisotopic (exact) mass is 495 g/mol. The van der Waals surface area contributed by atoms with Crippen molar-refractivity contribution < 1.29 is 19.1 Å². The minimum Gasteiger partial charge on any atom is -0.495 e. The van der Waals surface area contributed by atoms with E-state index < -0.39 is 6.03 Å². The van der Waals surface area contributed by atoms with Gasteiger partial charge in [0.25, 0.3) is 0 Å². The van der Waals surface area contributed by atoms with Gasteiger partial charge in [-0.2, -0.15) is 0 Å². The number of anilines is 3. The van der Waals surface area contributed by atoms with Crippen LogP contribution in [-0.2, 0) is 23.6 Å². The highest BCUT2D eigenvalue weighted by molar-refractivity contribution is 6.04. The third kappa shape index (κ3) is 4.89. The molecule has 2 amide bonds. The Morgan fingerprint density at radius 2 is 1.64 bits per heavy atom. The zero-order valence-electron chi connectivity index (χ0n) is 21.4. The Morgan fingerprint density at radius 3 is 2.28 bits per heavy atom. The number of nitrogens with one attached hydrogen (secondary N) is 2. The third-order valence-electron chi connectivity index (χ3n) is 6.70. The van der Waals surface area contributed by atoms with Gasteiger partial charge in [0, 0.05) is 27.2 Å². The van der Waals surface area contributed by atoms with E-state index in [-0.39, 0.29) is 17.6 Å². The molecule has 0 aliphatic carbocycles. The van der Waals surface area contributed by atoms with E-state index in [1.54, 1.807) is 36.4 Å². The van der Waals surface area contributed by atoms with Crippen LogP contribution in [0.4, 0.5) is 21.9 Å². The lowest BCUT2D eigenvalue weighted by Crippen LogP contribution is -2.37. The number of amides is 2. The standard InChI is InChI=1S/C26H33N5O5/c1-6-36-24(32)17-9-11-31(12-10-17)20-15-22-21(29(3)26(34)30(22)4)14-18(20)27-25(33)28-19-13-16(2)7-8-23(19)35-5/h7-8,13-15,17H,6,9-12H2,1-5H3,(H2,27,28,33). The van der Waals surface area contributed by atoms with E-state index >= 15 is 0 Å². The first kappa shape index (κ1) is 25.2. The molecular weight excluding hydrogens is 462 g/mol. The fourth-order valence-electron chi connectivity index (χ4n) is 4.71. The van der Waals surface area contributed by atoms with Gasteiger partial charge in [0.1, 0.15) is 5.75 Å². The highest BCUT2D eigenvalue weighted by Gasteiger charge is 2.28. The van der Waals surface area contributed by atoms with Crippen LogP contribution >= 0.6 is 0 Å². The number of methoxy groups -OCH3 is 1. The van der Waals surface area contributed by atoms with Crippen molar-refractivity contribution >= 4 is 40.1 Å². The van der Waals surface area contributed by atoms with E-state index in [0.717, 1.165) is 16.8 Å². The van der Waals surface area contributed by atoms with Crippen molar-refractivity contribution in [3.8, 4) is 5.75 Å². The Bertz CT molecular complexity index is 1350. The highest BCUT2D eigenvalue weighted by atomic mass is 16.5. The summed E-state index contributed by atoms with van der Waals surface area (Å²) in [5, 5.41) is 5.83. The zero-order valence-corrected chi connectivity index (χ0v) is 21.4. The van der Waals surface area contributed by atoms with E-state index in [0.29, 0.717) is 55.2 Å². The van der Waals surface area contributed by atoms with Crippen molar-refractivity contribution in [3.63, 3.8) is 0 Å². The summed E-state index contributed by atoms with van der Waals surface area (Å²) < 4.78 is 13.7. The number of hydrogen-bond acceptors (Lipinski definition) is 6. The van der Waals surface area contributed by atoms with Crippen LogP contribution in [-0.4, -0.2) is 47.9 Å². The molecule has 0 bridgehead atoms. The van der Waals surface area contributed by atoms with Crippen LogP contribution < -0.4 is 26.0 Å². The molecule has 0 unspecified atom stereocenters. The number of aromatic nitrogens is 2. The molecule has 192 valence electrons. The second-order valence-corrected chi connectivity index (χ2v) is 9.05. The predicted octanol–water partition coefficient (Wildman–Crippen LogP) is 3.62. The van der Waals surface area contributed by atoms with Crippen molar-refractivity contribution in [2.45, 2.75) is 26.7 Å². The molecule has 1 aliphatic heterocycles. The van der Waals surface area contributed by atoms with Crippen LogP contribution in [0.2, 0.25) is 0 Å². The van der Waals surface area contributed by atoms with Gasteiger partial charge in [-0.05, 0) is 56.5 Å². The largest absolute Gasteiger partial charge is 0.495 e. The first-order chi connectivity index (χ1) is 17.2. The predicted molar refractivity (Wildman–Crippen MR) is 140 cm³/mol. The van der Waals surface area contributed by atoms with Gasteiger partial charge in [0.15, 0.2) is 0 Å². The van der Waals surface area contributed by atoms with E-state index in [4.69, 9.17) is 9.47 Å². The van der Waals surface area contributed by atoms with E-state index in [1.807, 2.05) is 38.1 Å². The maximum absolute atomic E-state index is 13.1. The number of urea groups is 1. The number of carbonyl (C=O) groups excluding carboxylic acids is 2. The Hall–Kier alpha value is -3.95. The van der Waals surface area contributed by atoms with Crippen molar-refractivity contribution in [3.05, 3.63) is 46.4 Å². The summed E-state index contributed by atoms with van der Waals surface area (Å²) in [7, 11) is 4.98. The van der Waals surface area contributed by atoms with Gasteiger partial charge in [0.2, 0.25) is 0 Å². The highest BCUT2D eigenvalue weighted by Crippen LogP contribution is 2.34. The van der Waals surface area contributed by atoms with Gasteiger partial charge in [-0.1, -0.05) is 6.07 Å². The summed E-state index contributed by atoms with van der Waals surface area (Å²) in [6, 6.07) is 8.85. The normalized spacial score (nSPS) is 14.1. The Labute approximate surface area is 209 Å². The number of nitrogens with zero attached hydrogens (tertiary/aromatic N) is 3. The summed E-state index contributed by atoms with van der Waals surface area (Å²) in [6.45, 7) is 5.36. The molecule has 0 atom stereocenters. The number of imidazole rings is 1. The Balaban J connectivity index is 1.65. The first-order valence-electron chi connectivity index (χ1n) is 12.1. The lowest BCUT2D eigenvalue weighted by molar-refractivity contribution is -0.148. The number of fused-ring (bicyclic) bond motifs is 1.